The predicted molar refractivity (Wildman–Crippen MR) is 441 cm³/mol. The first-order valence-corrected chi connectivity index (χ1v) is 37.2. The molecular weight excluding hydrogens is 1590 g/mol. The molecule has 45 heteroatoms. The van der Waals surface area contributed by atoms with Crippen molar-refractivity contribution in [2.24, 2.45) is 22.9 Å². The molecule has 4 aromatic carbocycles. The van der Waals surface area contributed by atoms with Crippen molar-refractivity contribution in [3.05, 3.63) is 119 Å². The van der Waals surface area contributed by atoms with Crippen molar-refractivity contribution in [2.75, 3.05) is 98.4 Å². The first-order valence-electron chi connectivity index (χ1n) is 37.2. The number of nitrogens with zero attached hydrogens (tertiary/aromatic N) is 4. The van der Waals surface area contributed by atoms with Crippen LogP contribution >= 0.6 is 0 Å². The van der Waals surface area contributed by atoms with Gasteiger partial charge in [-0.05, 0) is 150 Å². The van der Waals surface area contributed by atoms with Crippen molar-refractivity contribution in [3.8, 4) is 0 Å². The Bertz CT molecular complexity index is 3630. The maximum atomic E-state index is 12.5. The number of nitrogen functional groups attached to an aromatic ring is 4. The van der Waals surface area contributed by atoms with Gasteiger partial charge >= 0.3 is 48.0 Å². The summed E-state index contributed by atoms with van der Waals surface area (Å²) in [5.74, 6) is -5.85. The molecule has 0 radical (unpaired) electrons. The SMILES string of the molecule is CC(=O)O.CC(=O)O.CC(=O)O.CC(=O)O.CCOC(=O)CCNC(=O)N[C@H]1CCN(c2ccc(C(=N)N)cc2)C1=O.CCOC(=O)CCNC(=O)N[C@H]1CCN(c2ccc(C(=N)N)cc2)C1=O.CCOC(=O)CCNC(=O)N[C@H]1CCN(c2ccc(C(=N)N)cc2)C1=O.CCOC(=O)CCNC(=O)N[C@H]1CCN(c2ccc(C(=N)N)cc2)C1=O.O. The number of hydrogen-bond donors (Lipinski definition) is 20. The molecule has 8 rings (SSSR count). The highest BCUT2D eigenvalue weighted by Crippen LogP contribution is 2.26. The third-order valence-corrected chi connectivity index (χ3v) is 15.7. The van der Waals surface area contributed by atoms with E-state index in [9.17, 15) is 57.5 Å². The van der Waals surface area contributed by atoms with Crippen molar-refractivity contribution < 1.29 is 122 Å². The van der Waals surface area contributed by atoms with Crippen LogP contribution in [0, 0.1) is 21.6 Å². The monoisotopic (exact) mass is 1700 g/mol. The number of benzene rings is 4. The average Bonchev–Trinajstić information content (AvgIpc) is 1.71. The molecule has 4 heterocycles. The Morgan fingerprint density at radius 2 is 0.479 bits per heavy atom. The number of carbonyl (C=O) groups excluding carboxylic acids is 12. The number of urea groups is 4. The lowest BCUT2D eigenvalue weighted by Crippen LogP contribution is -2.46. The molecule has 4 aromatic rings. The maximum Gasteiger partial charge on any atom is 0.315 e. The van der Waals surface area contributed by atoms with Gasteiger partial charge in [0.15, 0.2) is 0 Å². The third kappa shape index (κ3) is 43.3. The van der Waals surface area contributed by atoms with E-state index in [4.69, 9.17) is 103 Å². The summed E-state index contributed by atoms with van der Waals surface area (Å²) >= 11 is 0. The van der Waals surface area contributed by atoms with E-state index in [0.29, 0.717) is 123 Å². The van der Waals surface area contributed by atoms with E-state index >= 15 is 0 Å². The Balaban J connectivity index is 0.00000149. The number of carbonyl (C=O) groups is 16. The number of hydrogen-bond acceptors (Lipinski definition) is 24. The summed E-state index contributed by atoms with van der Waals surface area (Å²) in [7, 11) is 0. The minimum absolute atomic E-state index is 0. The lowest BCUT2D eigenvalue weighted by molar-refractivity contribution is -0.143. The molecule has 4 fully saturated rings. The number of amides is 12. The van der Waals surface area contributed by atoms with Crippen molar-refractivity contribution >= 4 is 142 Å². The number of anilines is 4. The van der Waals surface area contributed by atoms with Gasteiger partial charge in [-0.2, -0.15) is 0 Å². The number of carboxylic acid groups (broad SMARTS) is 4. The summed E-state index contributed by atoms with van der Waals surface area (Å²) in [5.41, 5.74) is 26.7. The molecule has 0 unspecified atom stereocenters. The van der Waals surface area contributed by atoms with E-state index in [1.54, 1.807) is 144 Å². The van der Waals surface area contributed by atoms with E-state index in [-0.39, 0.29) is 128 Å². The van der Waals surface area contributed by atoms with E-state index in [1.807, 2.05) is 0 Å². The second kappa shape index (κ2) is 57.5. The van der Waals surface area contributed by atoms with Crippen LogP contribution in [0.15, 0.2) is 97.1 Å². The van der Waals surface area contributed by atoms with Crippen molar-refractivity contribution in [1.29, 1.82) is 21.6 Å². The zero-order valence-electron chi connectivity index (χ0n) is 68.2. The zero-order valence-corrected chi connectivity index (χ0v) is 68.2. The first kappa shape index (κ1) is 106. The summed E-state index contributed by atoms with van der Waals surface area (Å²) in [5, 5.41) is 79.8. The number of amidine groups is 4. The fraction of sp³-hybridized carbons (Fsp3) is 0.421. The molecule has 26 N–H and O–H groups in total. The van der Waals surface area contributed by atoms with Gasteiger partial charge in [-0.1, -0.05) is 0 Å². The summed E-state index contributed by atoms with van der Waals surface area (Å²) in [6.07, 6.45) is 2.25. The molecule has 0 bridgehead atoms. The van der Waals surface area contributed by atoms with Gasteiger partial charge in [-0.3, -0.25) is 79.2 Å². The maximum absolute atomic E-state index is 12.5. The summed E-state index contributed by atoms with van der Waals surface area (Å²) in [6.45, 7) is 14.8. The number of ether oxygens (including phenoxy) is 4. The van der Waals surface area contributed by atoms with Crippen LogP contribution in [0.2, 0.25) is 0 Å². The highest BCUT2D eigenvalue weighted by atomic mass is 16.5. The molecule has 0 aromatic heterocycles. The number of carboxylic acids is 4. The second-order valence-electron chi connectivity index (χ2n) is 25.1. The minimum Gasteiger partial charge on any atom is -0.481 e. The number of nitrogens with two attached hydrogens (primary N) is 4. The molecular formula is C76H110N20O25. The van der Waals surface area contributed by atoms with Crippen LogP contribution in [0.25, 0.3) is 0 Å². The Hall–Kier alpha value is -14.6. The van der Waals surface area contributed by atoms with Gasteiger partial charge in [0.2, 0.25) is 23.6 Å². The Morgan fingerprint density at radius 3 is 0.612 bits per heavy atom. The van der Waals surface area contributed by atoms with Gasteiger partial charge < -0.3 is 130 Å². The van der Waals surface area contributed by atoms with Gasteiger partial charge in [0, 0.05) is 125 Å². The fourth-order valence-corrected chi connectivity index (χ4v) is 10.4. The van der Waals surface area contributed by atoms with Crippen LogP contribution in [0.1, 0.15) is 129 Å². The molecule has 664 valence electrons. The number of aliphatic carboxylic acids is 4. The Labute approximate surface area is 696 Å². The smallest absolute Gasteiger partial charge is 0.315 e. The van der Waals surface area contributed by atoms with Crippen LogP contribution < -0.4 is 85.1 Å². The van der Waals surface area contributed by atoms with Gasteiger partial charge in [-0.15, -0.1) is 0 Å². The van der Waals surface area contributed by atoms with E-state index in [0.717, 1.165) is 27.7 Å². The molecule has 121 heavy (non-hydrogen) atoms. The van der Waals surface area contributed by atoms with E-state index < -0.39 is 72.2 Å². The van der Waals surface area contributed by atoms with Gasteiger partial charge in [0.05, 0.1) is 52.1 Å². The first-order chi connectivity index (χ1) is 56.6. The summed E-state index contributed by atoms with van der Waals surface area (Å²) in [6, 6.07) is 22.7. The van der Waals surface area contributed by atoms with E-state index in [2.05, 4.69) is 42.5 Å². The lowest BCUT2D eigenvalue weighted by atomic mass is 10.2. The van der Waals surface area contributed by atoms with Crippen LogP contribution in [0.3, 0.4) is 0 Å². The molecule has 45 nitrogen and oxygen atoms in total. The van der Waals surface area contributed by atoms with Crippen LogP contribution in [-0.2, 0) is 76.5 Å². The number of rotatable bonds is 28. The highest BCUT2D eigenvalue weighted by Gasteiger charge is 2.37. The molecule has 0 aliphatic carbocycles. The van der Waals surface area contributed by atoms with Crippen LogP contribution in [-0.4, -0.2) is 248 Å². The van der Waals surface area contributed by atoms with Crippen molar-refractivity contribution in [1.82, 2.24) is 42.5 Å². The van der Waals surface area contributed by atoms with Crippen molar-refractivity contribution in [2.45, 2.75) is 131 Å². The van der Waals surface area contributed by atoms with Gasteiger partial charge in [-0.25, -0.2) is 19.2 Å². The summed E-state index contributed by atoms with van der Waals surface area (Å²) in [4.78, 5) is 184. The fourth-order valence-electron chi connectivity index (χ4n) is 10.4. The van der Waals surface area contributed by atoms with E-state index in [1.165, 1.54) is 0 Å². The summed E-state index contributed by atoms with van der Waals surface area (Å²) < 4.78 is 19.1. The molecule has 12 amide bonds. The number of esters is 4. The quantitative estimate of drug-likeness (QED) is 0.0162. The molecule has 4 saturated heterocycles. The average molecular weight is 1700 g/mol. The molecule has 4 aliphatic rings. The molecule has 4 aliphatic heterocycles. The van der Waals surface area contributed by atoms with Crippen LogP contribution in [0.4, 0.5) is 41.9 Å². The normalized spacial score (nSPS) is 14.8. The molecule has 4 atom stereocenters. The standard InChI is InChI=1S/4C17H23N5O4.4C2H4O2.H2O/c4*1-2-26-14(23)7-9-20-17(25)21-13-8-10-22(16(13)24)12-5-3-11(4-6-12)15(18)19;4*1-2(3)4;/h4*3-6,13H,2,7-10H2,1H3,(H3,18,19)(H2,20,21,25);4*1H3,(H,3,4);1H2/t4*13-;;;;;/m0000...../s1. The van der Waals surface area contributed by atoms with Crippen molar-refractivity contribution in [3.63, 3.8) is 0 Å². The highest BCUT2D eigenvalue weighted by molar-refractivity contribution is 6.05. The largest absolute Gasteiger partial charge is 0.481 e. The second-order valence-corrected chi connectivity index (χ2v) is 25.1. The van der Waals surface area contributed by atoms with Crippen LogP contribution in [0.5, 0.6) is 0 Å². The van der Waals surface area contributed by atoms with Gasteiger partial charge in [0.25, 0.3) is 23.9 Å². The van der Waals surface area contributed by atoms with Gasteiger partial charge in [0.1, 0.15) is 47.5 Å². The topological polar surface area (TPSA) is 731 Å². The Morgan fingerprint density at radius 1 is 0.331 bits per heavy atom. The number of nitrogens with one attached hydrogen (secondary N) is 12. The minimum atomic E-state index is -0.833. The zero-order chi connectivity index (χ0) is 90.7. The third-order valence-electron chi connectivity index (χ3n) is 15.7. The molecule has 0 spiro atoms. The predicted octanol–water partition coefficient (Wildman–Crippen LogP) is 0.852. The Kier molecular flexibility index (Phi) is 50.6. The lowest BCUT2D eigenvalue weighted by Gasteiger charge is -2.17. The molecule has 0 saturated carbocycles.